The van der Waals surface area contributed by atoms with Gasteiger partial charge >= 0.3 is 0 Å². The molecule has 1 aromatic rings. The molecule has 0 bridgehead atoms. The first-order chi connectivity index (χ1) is 7.04. The Morgan fingerprint density at radius 2 is 2.00 bits per heavy atom. The van der Waals surface area contributed by atoms with Crippen LogP contribution in [-0.2, 0) is 6.54 Å². The molecular formula is C10H13Cl2NO2. The molecule has 2 N–H and O–H groups in total. The number of hydrogen-bond acceptors (Lipinski definition) is 3. The molecular weight excluding hydrogens is 237 g/mol. The minimum Gasteiger partial charge on any atom is -0.506 e. The number of phenols is 1. The number of hydrogen-bond donors (Lipinski definition) is 2. The lowest BCUT2D eigenvalue weighted by atomic mass is 10.2. The second kappa shape index (κ2) is 5.56. The van der Waals surface area contributed by atoms with Crippen molar-refractivity contribution in [2.24, 2.45) is 0 Å². The number of aromatic hydroxyl groups is 1. The lowest BCUT2D eigenvalue weighted by molar-refractivity contribution is 0.216. The van der Waals surface area contributed by atoms with Crippen LogP contribution in [0.1, 0.15) is 5.56 Å². The maximum absolute atomic E-state index is 9.66. The average Bonchev–Trinajstić information content (AvgIpc) is 2.13. The predicted molar refractivity (Wildman–Crippen MR) is 61.5 cm³/mol. The van der Waals surface area contributed by atoms with E-state index < -0.39 is 0 Å². The van der Waals surface area contributed by atoms with Crippen molar-refractivity contribution in [3.05, 3.63) is 27.7 Å². The minimum atomic E-state index is 0.0471. The van der Waals surface area contributed by atoms with Crippen molar-refractivity contribution in [1.82, 2.24) is 4.90 Å². The number of aliphatic hydroxyl groups excluding tert-OH is 1. The van der Waals surface area contributed by atoms with E-state index in [9.17, 15) is 5.11 Å². The van der Waals surface area contributed by atoms with Crippen LogP contribution < -0.4 is 0 Å². The van der Waals surface area contributed by atoms with Crippen LogP contribution in [0.4, 0.5) is 0 Å². The van der Waals surface area contributed by atoms with Crippen LogP contribution in [0.3, 0.4) is 0 Å². The van der Waals surface area contributed by atoms with Gasteiger partial charge in [-0.15, -0.1) is 0 Å². The molecule has 84 valence electrons. The SMILES string of the molecule is CN(CCO)Cc1cc(Cl)cc(Cl)c1O. The summed E-state index contributed by atoms with van der Waals surface area (Å²) in [5, 5.41) is 19.1. The summed E-state index contributed by atoms with van der Waals surface area (Å²) in [6.07, 6.45) is 0. The molecule has 0 aliphatic heterocycles. The molecule has 0 amide bonds. The van der Waals surface area contributed by atoms with Crippen LogP contribution in [0.5, 0.6) is 5.75 Å². The van der Waals surface area contributed by atoms with E-state index in [2.05, 4.69) is 0 Å². The molecule has 1 aromatic carbocycles. The molecule has 0 radical (unpaired) electrons. The molecule has 0 aliphatic carbocycles. The third-order valence-electron chi connectivity index (χ3n) is 2.03. The largest absolute Gasteiger partial charge is 0.506 e. The van der Waals surface area contributed by atoms with Crippen molar-refractivity contribution in [2.45, 2.75) is 6.54 Å². The van der Waals surface area contributed by atoms with Gasteiger partial charge in [0.1, 0.15) is 5.75 Å². The fraction of sp³-hybridized carbons (Fsp3) is 0.400. The van der Waals surface area contributed by atoms with E-state index >= 15 is 0 Å². The van der Waals surface area contributed by atoms with Crippen LogP contribution >= 0.6 is 23.2 Å². The number of aliphatic hydroxyl groups is 1. The summed E-state index contributed by atoms with van der Waals surface area (Å²) in [5.74, 6) is 0.0471. The normalized spacial score (nSPS) is 11.0. The van der Waals surface area contributed by atoms with Gasteiger partial charge in [-0.1, -0.05) is 23.2 Å². The van der Waals surface area contributed by atoms with E-state index in [1.807, 2.05) is 11.9 Å². The monoisotopic (exact) mass is 249 g/mol. The number of halogens is 2. The standard InChI is InChI=1S/C10H13Cl2NO2/c1-13(2-3-14)6-7-4-8(11)5-9(12)10(7)15/h4-5,14-15H,2-3,6H2,1H3. The lowest BCUT2D eigenvalue weighted by Crippen LogP contribution is -2.21. The highest BCUT2D eigenvalue weighted by molar-refractivity contribution is 6.35. The molecule has 0 heterocycles. The van der Waals surface area contributed by atoms with Crippen LogP contribution in [-0.4, -0.2) is 35.3 Å². The van der Waals surface area contributed by atoms with Gasteiger partial charge in [0.2, 0.25) is 0 Å². The summed E-state index contributed by atoms with van der Waals surface area (Å²) >= 11 is 11.6. The Balaban J connectivity index is 2.84. The molecule has 0 unspecified atom stereocenters. The van der Waals surface area contributed by atoms with E-state index in [1.165, 1.54) is 6.07 Å². The summed E-state index contributed by atoms with van der Waals surface area (Å²) in [6.45, 7) is 1.10. The average molecular weight is 250 g/mol. The zero-order chi connectivity index (χ0) is 11.4. The zero-order valence-corrected chi connectivity index (χ0v) is 9.89. The fourth-order valence-electron chi connectivity index (χ4n) is 1.28. The van der Waals surface area contributed by atoms with Crippen molar-refractivity contribution < 1.29 is 10.2 Å². The first-order valence-electron chi connectivity index (χ1n) is 4.51. The highest BCUT2D eigenvalue weighted by Crippen LogP contribution is 2.31. The van der Waals surface area contributed by atoms with E-state index in [-0.39, 0.29) is 17.4 Å². The molecule has 0 aliphatic rings. The van der Waals surface area contributed by atoms with E-state index in [0.29, 0.717) is 23.7 Å². The predicted octanol–water partition coefficient (Wildman–Crippen LogP) is 2.12. The Morgan fingerprint density at radius 3 is 2.60 bits per heavy atom. The smallest absolute Gasteiger partial charge is 0.138 e. The third kappa shape index (κ3) is 3.54. The molecule has 1 rings (SSSR count). The fourth-order valence-corrected chi connectivity index (χ4v) is 1.82. The van der Waals surface area contributed by atoms with Crippen molar-refractivity contribution in [2.75, 3.05) is 20.2 Å². The summed E-state index contributed by atoms with van der Waals surface area (Å²) in [4.78, 5) is 1.86. The maximum atomic E-state index is 9.66. The van der Waals surface area contributed by atoms with Gasteiger partial charge in [0.15, 0.2) is 0 Å². The molecule has 0 aromatic heterocycles. The number of nitrogens with zero attached hydrogens (tertiary/aromatic N) is 1. The van der Waals surface area contributed by atoms with Gasteiger partial charge in [0, 0.05) is 23.7 Å². The summed E-state index contributed by atoms with van der Waals surface area (Å²) in [5.41, 5.74) is 0.656. The molecule has 5 heteroatoms. The molecule has 0 saturated heterocycles. The summed E-state index contributed by atoms with van der Waals surface area (Å²) in [6, 6.07) is 3.16. The van der Waals surface area contributed by atoms with Gasteiger partial charge in [0.05, 0.1) is 11.6 Å². The third-order valence-corrected chi connectivity index (χ3v) is 2.54. The van der Waals surface area contributed by atoms with E-state index in [1.54, 1.807) is 6.07 Å². The van der Waals surface area contributed by atoms with Gasteiger partial charge in [-0.2, -0.15) is 0 Å². The van der Waals surface area contributed by atoms with Gasteiger partial charge in [-0.05, 0) is 19.2 Å². The molecule has 0 atom stereocenters. The van der Waals surface area contributed by atoms with Crippen molar-refractivity contribution in [3.8, 4) is 5.75 Å². The van der Waals surface area contributed by atoms with Crippen LogP contribution in [0.25, 0.3) is 0 Å². The summed E-state index contributed by atoms with van der Waals surface area (Å²) < 4.78 is 0. The number of rotatable bonds is 4. The number of phenolic OH excluding ortho intramolecular Hbond substituents is 1. The second-order valence-electron chi connectivity index (χ2n) is 3.36. The zero-order valence-electron chi connectivity index (χ0n) is 8.37. The van der Waals surface area contributed by atoms with Crippen LogP contribution in [0.15, 0.2) is 12.1 Å². The van der Waals surface area contributed by atoms with Crippen LogP contribution in [0.2, 0.25) is 10.0 Å². The summed E-state index contributed by atoms with van der Waals surface area (Å²) in [7, 11) is 1.84. The van der Waals surface area contributed by atoms with Crippen molar-refractivity contribution in [3.63, 3.8) is 0 Å². The van der Waals surface area contributed by atoms with Gasteiger partial charge < -0.3 is 10.2 Å². The Bertz CT molecular complexity index is 344. The van der Waals surface area contributed by atoms with Gasteiger partial charge in [-0.25, -0.2) is 0 Å². The Hall–Kier alpha value is -0.480. The number of benzene rings is 1. The number of likely N-dealkylation sites (N-methyl/N-ethyl adjacent to an activating group) is 1. The molecule has 0 saturated carbocycles. The molecule has 3 nitrogen and oxygen atoms in total. The van der Waals surface area contributed by atoms with E-state index in [4.69, 9.17) is 28.3 Å². The Labute approximate surface area is 98.8 Å². The lowest BCUT2D eigenvalue weighted by Gasteiger charge is -2.16. The van der Waals surface area contributed by atoms with Crippen molar-refractivity contribution in [1.29, 1.82) is 0 Å². The molecule has 0 fully saturated rings. The second-order valence-corrected chi connectivity index (χ2v) is 4.20. The minimum absolute atomic E-state index is 0.0471. The highest BCUT2D eigenvalue weighted by Gasteiger charge is 2.09. The van der Waals surface area contributed by atoms with Gasteiger partial charge in [0.25, 0.3) is 0 Å². The molecule has 15 heavy (non-hydrogen) atoms. The van der Waals surface area contributed by atoms with E-state index in [0.717, 1.165) is 0 Å². The topological polar surface area (TPSA) is 43.7 Å². The molecule has 0 spiro atoms. The van der Waals surface area contributed by atoms with Crippen LogP contribution in [0, 0.1) is 0 Å². The first-order valence-corrected chi connectivity index (χ1v) is 5.26. The van der Waals surface area contributed by atoms with Crippen molar-refractivity contribution >= 4 is 23.2 Å². The Kier molecular flexibility index (Phi) is 4.67. The van der Waals surface area contributed by atoms with Gasteiger partial charge in [-0.3, -0.25) is 4.90 Å². The maximum Gasteiger partial charge on any atom is 0.138 e. The first kappa shape index (κ1) is 12.6. The highest BCUT2D eigenvalue weighted by atomic mass is 35.5. The Morgan fingerprint density at radius 1 is 1.33 bits per heavy atom. The quantitative estimate of drug-likeness (QED) is 0.860.